The van der Waals surface area contributed by atoms with Crippen molar-refractivity contribution in [3.63, 3.8) is 0 Å². The van der Waals surface area contributed by atoms with Gasteiger partial charge in [0.05, 0.1) is 6.33 Å². The monoisotopic (exact) mass is 370 g/mol. The van der Waals surface area contributed by atoms with Gasteiger partial charge in [0.15, 0.2) is 0 Å². The van der Waals surface area contributed by atoms with Crippen LogP contribution in [0.1, 0.15) is 30.4 Å². The molecule has 1 saturated carbocycles. The van der Waals surface area contributed by atoms with Crippen molar-refractivity contribution in [2.24, 2.45) is 11.7 Å². The van der Waals surface area contributed by atoms with E-state index < -0.39 is 0 Å². The summed E-state index contributed by atoms with van der Waals surface area (Å²) >= 11 is 0. The fourth-order valence-electron chi connectivity index (χ4n) is 2.94. The Kier molecular flexibility index (Phi) is 8.25. The number of halogens is 2. The Balaban J connectivity index is 0.00000144. The van der Waals surface area contributed by atoms with Gasteiger partial charge in [-0.05, 0) is 30.4 Å². The third-order valence-electron chi connectivity index (χ3n) is 4.26. The van der Waals surface area contributed by atoms with Crippen molar-refractivity contribution in [1.29, 1.82) is 0 Å². The van der Waals surface area contributed by atoms with Crippen LogP contribution >= 0.6 is 24.8 Å². The summed E-state index contributed by atoms with van der Waals surface area (Å²) < 4.78 is 2.03. The normalized spacial score (nSPS) is 19.2. The van der Waals surface area contributed by atoms with Gasteiger partial charge in [-0.25, -0.2) is 4.98 Å². The zero-order valence-electron chi connectivity index (χ0n) is 13.4. The lowest BCUT2D eigenvalue weighted by molar-refractivity contribution is -0.125. The molecule has 2 atom stereocenters. The number of aromatic nitrogens is 2. The van der Waals surface area contributed by atoms with Crippen molar-refractivity contribution in [3.05, 3.63) is 54.1 Å². The number of amides is 1. The van der Waals surface area contributed by atoms with Crippen molar-refractivity contribution in [3.8, 4) is 0 Å². The summed E-state index contributed by atoms with van der Waals surface area (Å²) in [6.45, 7) is 1.39. The Bertz CT molecular complexity index is 616. The molecule has 1 aromatic heterocycles. The van der Waals surface area contributed by atoms with E-state index in [9.17, 15) is 4.79 Å². The minimum absolute atomic E-state index is 0. The molecule has 1 heterocycles. The Morgan fingerprint density at radius 1 is 1.21 bits per heavy atom. The molecule has 2 aromatic rings. The lowest BCUT2D eigenvalue weighted by Crippen LogP contribution is -2.29. The van der Waals surface area contributed by atoms with Crippen molar-refractivity contribution in [2.45, 2.75) is 38.4 Å². The second kappa shape index (κ2) is 9.67. The SMILES string of the molecule is Cl.Cl.NC1CCC(C(=O)NCc2ccc(Cn3ccnc3)cc2)C1. The summed E-state index contributed by atoms with van der Waals surface area (Å²) in [5, 5.41) is 3.02. The Hall–Kier alpha value is -1.56. The molecule has 3 N–H and O–H groups in total. The standard InChI is InChI=1S/C17H22N4O.2ClH/c18-16-6-5-15(9-16)17(22)20-10-13-1-3-14(4-2-13)11-21-8-7-19-12-21;;/h1-4,7-8,12,15-16H,5-6,9-11,18H2,(H,20,22);2*1H. The first-order valence-electron chi connectivity index (χ1n) is 7.77. The van der Waals surface area contributed by atoms with Gasteiger partial charge in [-0.3, -0.25) is 4.79 Å². The van der Waals surface area contributed by atoms with E-state index >= 15 is 0 Å². The number of nitrogens with two attached hydrogens (primary N) is 1. The van der Waals surface area contributed by atoms with Crippen LogP contribution in [0.25, 0.3) is 0 Å². The number of carbonyl (C=O) groups is 1. The third kappa shape index (κ3) is 5.51. The van der Waals surface area contributed by atoms with Gasteiger partial charge in [-0.15, -0.1) is 24.8 Å². The largest absolute Gasteiger partial charge is 0.352 e. The second-order valence-electron chi connectivity index (χ2n) is 6.04. The Morgan fingerprint density at radius 3 is 2.50 bits per heavy atom. The number of rotatable bonds is 5. The van der Waals surface area contributed by atoms with Gasteiger partial charge in [-0.1, -0.05) is 24.3 Å². The molecule has 2 unspecified atom stereocenters. The minimum Gasteiger partial charge on any atom is -0.352 e. The Morgan fingerprint density at radius 2 is 1.92 bits per heavy atom. The number of hydrogen-bond donors (Lipinski definition) is 2. The summed E-state index contributed by atoms with van der Waals surface area (Å²) in [7, 11) is 0. The molecule has 0 aliphatic heterocycles. The summed E-state index contributed by atoms with van der Waals surface area (Å²) in [6, 6.07) is 8.50. The molecule has 5 nitrogen and oxygen atoms in total. The van der Waals surface area contributed by atoms with Crippen LogP contribution in [0.2, 0.25) is 0 Å². The average Bonchev–Trinajstić information content (AvgIpc) is 3.18. The first-order valence-corrected chi connectivity index (χ1v) is 7.77. The van der Waals surface area contributed by atoms with Crippen LogP contribution in [-0.2, 0) is 17.9 Å². The molecule has 132 valence electrons. The highest BCUT2D eigenvalue weighted by Crippen LogP contribution is 2.24. The van der Waals surface area contributed by atoms with Crippen LogP contribution in [0.4, 0.5) is 0 Å². The Labute approximate surface area is 154 Å². The lowest BCUT2D eigenvalue weighted by atomic mass is 10.1. The molecule has 1 aromatic carbocycles. The zero-order chi connectivity index (χ0) is 15.4. The van der Waals surface area contributed by atoms with Crippen LogP contribution < -0.4 is 11.1 Å². The lowest BCUT2D eigenvalue weighted by Gasteiger charge is -2.11. The van der Waals surface area contributed by atoms with Crippen molar-refractivity contribution in [2.75, 3.05) is 0 Å². The minimum atomic E-state index is 0. The molecule has 0 bridgehead atoms. The van der Waals surface area contributed by atoms with Crippen LogP contribution in [0, 0.1) is 5.92 Å². The summed E-state index contributed by atoms with van der Waals surface area (Å²) in [5.41, 5.74) is 8.19. The van der Waals surface area contributed by atoms with Gasteiger partial charge < -0.3 is 15.6 Å². The fraction of sp³-hybridized carbons (Fsp3) is 0.412. The first-order chi connectivity index (χ1) is 10.7. The van der Waals surface area contributed by atoms with Gasteiger partial charge in [0.1, 0.15) is 0 Å². The van der Waals surface area contributed by atoms with E-state index in [1.54, 1.807) is 12.5 Å². The molecule has 1 aliphatic rings. The topological polar surface area (TPSA) is 72.9 Å². The molecule has 1 aliphatic carbocycles. The smallest absolute Gasteiger partial charge is 0.223 e. The van der Waals surface area contributed by atoms with Gasteiger partial charge >= 0.3 is 0 Å². The average molecular weight is 371 g/mol. The first kappa shape index (κ1) is 20.5. The highest BCUT2D eigenvalue weighted by molar-refractivity contribution is 5.85. The van der Waals surface area contributed by atoms with Gasteiger partial charge in [-0.2, -0.15) is 0 Å². The van der Waals surface area contributed by atoms with E-state index in [0.717, 1.165) is 31.4 Å². The second-order valence-corrected chi connectivity index (χ2v) is 6.04. The molecular formula is C17H24Cl2N4O. The van der Waals surface area contributed by atoms with Crippen LogP contribution in [-0.4, -0.2) is 21.5 Å². The van der Waals surface area contributed by atoms with Gasteiger partial charge in [0, 0.05) is 37.4 Å². The highest BCUT2D eigenvalue weighted by Gasteiger charge is 2.27. The number of nitrogens with one attached hydrogen (secondary N) is 1. The maximum Gasteiger partial charge on any atom is 0.223 e. The van der Waals surface area contributed by atoms with Crippen molar-refractivity contribution < 1.29 is 4.79 Å². The molecule has 0 spiro atoms. The van der Waals surface area contributed by atoms with E-state index in [1.165, 1.54) is 5.56 Å². The molecule has 0 radical (unpaired) electrons. The summed E-state index contributed by atoms with van der Waals surface area (Å²) in [6.07, 6.45) is 8.22. The van der Waals surface area contributed by atoms with E-state index in [4.69, 9.17) is 5.73 Å². The number of benzene rings is 1. The van der Waals surface area contributed by atoms with Crippen LogP contribution in [0.15, 0.2) is 43.0 Å². The van der Waals surface area contributed by atoms with Crippen LogP contribution in [0.5, 0.6) is 0 Å². The quantitative estimate of drug-likeness (QED) is 0.848. The van der Waals surface area contributed by atoms with Crippen LogP contribution in [0.3, 0.4) is 0 Å². The third-order valence-corrected chi connectivity index (χ3v) is 4.26. The summed E-state index contributed by atoms with van der Waals surface area (Å²) in [5.74, 6) is 0.228. The molecule has 7 heteroatoms. The summed E-state index contributed by atoms with van der Waals surface area (Å²) in [4.78, 5) is 16.1. The predicted octanol–water partition coefficient (Wildman–Crippen LogP) is 2.52. The van der Waals surface area contributed by atoms with E-state index in [-0.39, 0.29) is 42.7 Å². The number of nitrogens with zero attached hydrogens (tertiary/aromatic N) is 2. The maximum atomic E-state index is 12.1. The van der Waals surface area contributed by atoms with Crippen molar-refractivity contribution >= 4 is 30.7 Å². The number of carbonyl (C=O) groups excluding carboxylic acids is 1. The fourth-order valence-corrected chi connectivity index (χ4v) is 2.94. The van der Waals surface area contributed by atoms with E-state index in [0.29, 0.717) is 6.54 Å². The number of hydrogen-bond acceptors (Lipinski definition) is 3. The molecule has 1 amide bonds. The maximum absolute atomic E-state index is 12.1. The molecule has 24 heavy (non-hydrogen) atoms. The van der Waals surface area contributed by atoms with E-state index in [1.807, 2.05) is 10.8 Å². The van der Waals surface area contributed by atoms with Gasteiger partial charge in [0.25, 0.3) is 0 Å². The zero-order valence-corrected chi connectivity index (χ0v) is 15.1. The molecule has 1 fully saturated rings. The predicted molar refractivity (Wildman–Crippen MR) is 99.4 cm³/mol. The van der Waals surface area contributed by atoms with Gasteiger partial charge in [0.2, 0.25) is 5.91 Å². The molecular weight excluding hydrogens is 347 g/mol. The van der Waals surface area contributed by atoms with E-state index in [2.05, 4.69) is 34.6 Å². The highest BCUT2D eigenvalue weighted by atomic mass is 35.5. The molecule has 3 rings (SSSR count). The van der Waals surface area contributed by atoms with Crippen molar-refractivity contribution in [1.82, 2.24) is 14.9 Å². The molecule has 0 saturated heterocycles. The number of imidazole rings is 1.